The van der Waals surface area contributed by atoms with Gasteiger partial charge >= 0.3 is 0 Å². The summed E-state index contributed by atoms with van der Waals surface area (Å²) in [5.74, 6) is 0.000833. The lowest BCUT2D eigenvalue weighted by atomic mass is 10.2. The topological polar surface area (TPSA) is 47.6 Å². The summed E-state index contributed by atoms with van der Waals surface area (Å²) in [5, 5.41) is 0. The van der Waals surface area contributed by atoms with Gasteiger partial charge in [0.25, 0.3) is 0 Å². The molecule has 0 rings (SSSR count). The lowest BCUT2D eigenvalue weighted by molar-refractivity contribution is -0.122. The van der Waals surface area contributed by atoms with Crippen LogP contribution in [-0.2, 0) is 13.8 Å². The molecule has 0 heterocycles. The highest BCUT2D eigenvalue weighted by Crippen LogP contribution is 1.94. The zero-order valence-corrected chi connectivity index (χ0v) is 7.73. The van der Waals surface area contributed by atoms with Gasteiger partial charge in [-0.2, -0.15) is 5.48 Å². The SMILES string of the molecule is COCC(NOSC)C(C)=O. The first kappa shape index (κ1) is 10.9. The van der Waals surface area contributed by atoms with E-state index < -0.39 is 0 Å². The normalized spacial score (nSPS) is 13.0. The highest BCUT2D eigenvalue weighted by molar-refractivity contribution is 7.93. The van der Waals surface area contributed by atoms with Gasteiger partial charge in [0.1, 0.15) is 6.04 Å². The minimum Gasteiger partial charge on any atom is -0.383 e. The number of carbonyl (C=O) groups excluding carboxylic acids is 1. The average Bonchev–Trinajstić information content (AvgIpc) is 1.97. The molecule has 0 spiro atoms. The Morgan fingerprint density at radius 1 is 1.73 bits per heavy atom. The van der Waals surface area contributed by atoms with Gasteiger partial charge in [-0.25, -0.2) is 4.28 Å². The maximum Gasteiger partial charge on any atom is 0.151 e. The largest absolute Gasteiger partial charge is 0.383 e. The van der Waals surface area contributed by atoms with E-state index in [-0.39, 0.29) is 11.8 Å². The van der Waals surface area contributed by atoms with Crippen molar-refractivity contribution in [3.05, 3.63) is 0 Å². The van der Waals surface area contributed by atoms with E-state index in [4.69, 9.17) is 9.02 Å². The number of hydrogen-bond acceptors (Lipinski definition) is 5. The minimum absolute atomic E-state index is 0.000833. The molecule has 0 aliphatic carbocycles. The Morgan fingerprint density at radius 2 is 2.36 bits per heavy atom. The van der Waals surface area contributed by atoms with Crippen molar-refractivity contribution >= 4 is 17.8 Å². The maximum absolute atomic E-state index is 10.8. The maximum atomic E-state index is 10.8. The molecule has 0 aliphatic heterocycles. The number of methoxy groups -OCH3 is 1. The second kappa shape index (κ2) is 6.60. The monoisotopic (exact) mass is 179 g/mol. The summed E-state index contributed by atoms with van der Waals surface area (Å²) < 4.78 is 9.57. The highest BCUT2D eigenvalue weighted by atomic mass is 32.2. The van der Waals surface area contributed by atoms with Crippen LogP contribution in [0, 0.1) is 0 Å². The van der Waals surface area contributed by atoms with Crippen molar-refractivity contribution in [2.75, 3.05) is 20.0 Å². The number of nitrogens with one attached hydrogen (secondary N) is 1. The van der Waals surface area contributed by atoms with E-state index in [0.717, 1.165) is 12.0 Å². The molecule has 1 N–H and O–H groups in total. The summed E-state index contributed by atoms with van der Waals surface area (Å²) in [5.41, 5.74) is 2.56. The van der Waals surface area contributed by atoms with Crippen molar-refractivity contribution in [1.82, 2.24) is 5.48 Å². The van der Waals surface area contributed by atoms with Crippen LogP contribution in [0.25, 0.3) is 0 Å². The highest BCUT2D eigenvalue weighted by Gasteiger charge is 2.12. The fourth-order valence-corrected chi connectivity index (χ4v) is 0.720. The molecule has 0 fully saturated rings. The van der Waals surface area contributed by atoms with E-state index >= 15 is 0 Å². The molecule has 1 unspecified atom stereocenters. The Balaban J connectivity index is 3.60. The van der Waals surface area contributed by atoms with Crippen LogP contribution in [0.1, 0.15) is 6.92 Å². The van der Waals surface area contributed by atoms with Crippen molar-refractivity contribution in [1.29, 1.82) is 0 Å². The molecule has 1 atom stereocenters. The van der Waals surface area contributed by atoms with Crippen LogP contribution in [0.5, 0.6) is 0 Å². The lowest BCUT2D eigenvalue weighted by Gasteiger charge is -2.12. The van der Waals surface area contributed by atoms with Crippen LogP contribution >= 0.6 is 12.0 Å². The van der Waals surface area contributed by atoms with Crippen molar-refractivity contribution in [3.8, 4) is 0 Å². The molecule has 0 saturated heterocycles. The Morgan fingerprint density at radius 3 is 2.73 bits per heavy atom. The number of rotatable bonds is 6. The Kier molecular flexibility index (Phi) is 6.54. The first-order valence-corrected chi connectivity index (χ1v) is 4.32. The molecule has 0 radical (unpaired) electrons. The molecule has 66 valence electrons. The first-order valence-electron chi connectivity index (χ1n) is 3.17. The van der Waals surface area contributed by atoms with Gasteiger partial charge in [-0.3, -0.25) is 4.79 Å². The van der Waals surface area contributed by atoms with Gasteiger partial charge in [-0.1, -0.05) is 0 Å². The van der Waals surface area contributed by atoms with Crippen LogP contribution in [0.4, 0.5) is 0 Å². The first-order chi connectivity index (χ1) is 5.22. The van der Waals surface area contributed by atoms with E-state index in [0.29, 0.717) is 6.61 Å². The van der Waals surface area contributed by atoms with E-state index in [1.54, 1.807) is 6.26 Å². The van der Waals surface area contributed by atoms with Crippen molar-refractivity contribution < 1.29 is 13.8 Å². The molecule has 0 aliphatic rings. The van der Waals surface area contributed by atoms with Gasteiger partial charge in [0.15, 0.2) is 5.78 Å². The molecular formula is C6H13NO3S. The van der Waals surface area contributed by atoms with Crippen LogP contribution in [0.15, 0.2) is 0 Å². The molecule has 4 nitrogen and oxygen atoms in total. The van der Waals surface area contributed by atoms with Crippen LogP contribution in [0.2, 0.25) is 0 Å². The molecular weight excluding hydrogens is 166 g/mol. The number of carbonyl (C=O) groups is 1. The smallest absolute Gasteiger partial charge is 0.151 e. The van der Waals surface area contributed by atoms with Gasteiger partial charge in [0.2, 0.25) is 0 Å². The van der Waals surface area contributed by atoms with Gasteiger partial charge in [-0.15, -0.1) is 0 Å². The van der Waals surface area contributed by atoms with E-state index in [1.807, 2.05) is 0 Å². The molecule has 0 aromatic rings. The molecule has 11 heavy (non-hydrogen) atoms. The quantitative estimate of drug-likeness (QED) is 0.472. The molecule has 0 amide bonds. The summed E-state index contributed by atoms with van der Waals surface area (Å²) in [4.78, 5) is 10.8. The minimum atomic E-state index is -0.368. The zero-order valence-electron chi connectivity index (χ0n) is 6.92. The molecule has 0 aromatic carbocycles. The number of ketones is 1. The third-order valence-electron chi connectivity index (χ3n) is 1.10. The molecule has 0 saturated carbocycles. The molecule has 0 bridgehead atoms. The third kappa shape index (κ3) is 5.20. The second-order valence-corrected chi connectivity index (χ2v) is 2.49. The van der Waals surface area contributed by atoms with E-state index in [9.17, 15) is 4.79 Å². The van der Waals surface area contributed by atoms with Crippen molar-refractivity contribution in [3.63, 3.8) is 0 Å². The Hall–Kier alpha value is -0.100. The van der Waals surface area contributed by atoms with Gasteiger partial charge in [-0.05, 0) is 6.92 Å². The fourth-order valence-electron chi connectivity index (χ4n) is 0.507. The number of Topliss-reactive ketones (excluding diaryl/α,β-unsaturated/α-hetero) is 1. The lowest BCUT2D eigenvalue weighted by Crippen LogP contribution is -2.37. The van der Waals surface area contributed by atoms with Gasteiger partial charge in [0.05, 0.1) is 6.61 Å². The third-order valence-corrected chi connectivity index (χ3v) is 1.36. The van der Waals surface area contributed by atoms with Crippen LogP contribution in [0.3, 0.4) is 0 Å². The van der Waals surface area contributed by atoms with Crippen LogP contribution in [-0.4, -0.2) is 31.8 Å². The Labute approximate surface area is 70.8 Å². The molecule has 0 aromatic heterocycles. The van der Waals surface area contributed by atoms with Crippen molar-refractivity contribution in [2.45, 2.75) is 13.0 Å². The predicted octanol–water partition coefficient (Wildman–Crippen LogP) is 0.390. The number of hydroxylamine groups is 1. The molecule has 5 heteroatoms. The summed E-state index contributed by atoms with van der Waals surface area (Å²) >= 11 is 1.15. The van der Waals surface area contributed by atoms with Crippen molar-refractivity contribution in [2.24, 2.45) is 0 Å². The van der Waals surface area contributed by atoms with Crippen LogP contribution < -0.4 is 5.48 Å². The standard InChI is InChI=1S/C6H13NO3S/c1-5(8)6(4-9-2)7-10-11-3/h6-7H,4H2,1-3H3. The Bertz CT molecular complexity index is 120. The number of ether oxygens (including phenoxy) is 1. The van der Waals surface area contributed by atoms with E-state index in [2.05, 4.69) is 5.48 Å². The summed E-state index contributed by atoms with van der Waals surface area (Å²) in [6.45, 7) is 1.82. The summed E-state index contributed by atoms with van der Waals surface area (Å²) in [6, 6.07) is -0.368. The van der Waals surface area contributed by atoms with Gasteiger partial charge < -0.3 is 4.74 Å². The predicted molar refractivity (Wildman–Crippen MR) is 44.1 cm³/mol. The zero-order chi connectivity index (χ0) is 8.69. The summed E-state index contributed by atoms with van der Waals surface area (Å²) in [7, 11) is 1.54. The summed E-state index contributed by atoms with van der Waals surface area (Å²) in [6.07, 6.45) is 1.76. The second-order valence-electron chi connectivity index (χ2n) is 1.99. The fraction of sp³-hybridized carbons (Fsp3) is 0.833. The van der Waals surface area contributed by atoms with E-state index in [1.165, 1.54) is 14.0 Å². The number of hydrogen-bond donors (Lipinski definition) is 1. The average molecular weight is 179 g/mol. The van der Waals surface area contributed by atoms with Gasteiger partial charge in [0, 0.05) is 25.4 Å².